The number of hydrogen-bond acceptors (Lipinski definition) is 6. The second kappa shape index (κ2) is 7.79. The molecule has 2 heterocycles. The number of aryl methyl sites for hydroxylation is 1. The Bertz CT molecular complexity index is 888. The number of thiophene rings is 1. The minimum Gasteiger partial charge on any atom is -0.465 e. The van der Waals surface area contributed by atoms with Crippen molar-refractivity contribution in [2.75, 3.05) is 26.1 Å². The number of rotatable bonds is 3. The summed E-state index contributed by atoms with van der Waals surface area (Å²) in [6, 6.07) is 7.16. The second-order valence-corrected chi connectivity index (χ2v) is 7.27. The van der Waals surface area contributed by atoms with Crippen molar-refractivity contribution >= 4 is 34.3 Å². The van der Waals surface area contributed by atoms with E-state index in [-0.39, 0.29) is 5.91 Å². The van der Waals surface area contributed by atoms with Crippen LogP contribution in [0, 0.1) is 6.92 Å². The molecule has 1 aliphatic rings. The molecule has 2 aromatic rings. The summed E-state index contributed by atoms with van der Waals surface area (Å²) in [5.41, 5.74) is 2.73. The van der Waals surface area contributed by atoms with Gasteiger partial charge in [0.1, 0.15) is 5.00 Å². The van der Waals surface area contributed by atoms with Gasteiger partial charge in [-0.3, -0.25) is 4.79 Å². The molecule has 7 nitrogen and oxygen atoms in total. The maximum absolute atomic E-state index is 12.6. The van der Waals surface area contributed by atoms with Crippen molar-refractivity contribution in [3.63, 3.8) is 0 Å². The average molecular weight is 388 g/mol. The summed E-state index contributed by atoms with van der Waals surface area (Å²) in [5.74, 6) is -0.804. The predicted octanol–water partition coefficient (Wildman–Crippen LogP) is 3.22. The van der Waals surface area contributed by atoms with Gasteiger partial charge in [-0.2, -0.15) is 0 Å². The normalized spacial score (nSPS) is 12.9. The van der Waals surface area contributed by atoms with Gasteiger partial charge >= 0.3 is 12.1 Å². The van der Waals surface area contributed by atoms with Gasteiger partial charge in [0.05, 0.1) is 26.3 Å². The van der Waals surface area contributed by atoms with Crippen LogP contribution in [0.15, 0.2) is 24.3 Å². The van der Waals surface area contributed by atoms with E-state index in [4.69, 9.17) is 9.47 Å². The predicted molar refractivity (Wildman–Crippen MR) is 101 cm³/mol. The molecule has 3 rings (SSSR count). The molecule has 0 saturated heterocycles. The summed E-state index contributed by atoms with van der Waals surface area (Å²) in [4.78, 5) is 39.1. The van der Waals surface area contributed by atoms with Crippen LogP contribution in [0.1, 0.15) is 36.7 Å². The lowest BCUT2D eigenvalue weighted by Gasteiger charge is -2.25. The zero-order valence-electron chi connectivity index (χ0n) is 15.3. The van der Waals surface area contributed by atoms with Crippen molar-refractivity contribution in [3.05, 3.63) is 51.4 Å². The second-order valence-electron chi connectivity index (χ2n) is 6.16. The van der Waals surface area contributed by atoms with Gasteiger partial charge in [0.25, 0.3) is 5.91 Å². The Morgan fingerprint density at radius 3 is 2.44 bits per heavy atom. The number of nitrogens with one attached hydrogen (secondary N) is 1. The molecule has 1 aliphatic heterocycles. The smallest absolute Gasteiger partial charge is 0.409 e. The third-order valence-corrected chi connectivity index (χ3v) is 5.55. The van der Waals surface area contributed by atoms with E-state index in [0.717, 1.165) is 16.0 Å². The Balaban J connectivity index is 1.92. The van der Waals surface area contributed by atoms with Crippen molar-refractivity contribution in [2.45, 2.75) is 19.9 Å². The van der Waals surface area contributed by atoms with Crippen LogP contribution in [0.5, 0.6) is 0 Å². The number of nitrogens with zero attached hydrogens (tertiary/aromatic N) is 1. The summed E-state index contributed by atoms with van der Waals surface area (Å²) in [6.45, 7) is 2.71. The molecule has 1 aromatic heterocycles. The molecule has 1 N–H and O–H groups in total. The highest BCUT2D eigenvalue weighted by atomic mass is 32.1. The molecule has 2 amide bonds. The third kappa shape index (κ3) is 3.80. The van der Waals surface area contributed by atoms with Crippen LogP contribution in [-0.4, -0.2) is 43.6 Å². The van der Waals surface area contributed by atoms with Gasteiger partial charge in [-0.25, -0.2) is 9.59 Å². The van der Waals surface area contributed by atoms with Crippen LogP contribution in [0.4, 0.5) is 9.80 Å². The topological polar surface area (TPSA) is 84.9 Å². The van der Waals surface area contributed by atoms with Crippen LogP contribution in [0.2, 0.25) is 0 Å². The van der Waals surface area contributed by atoms with Gasteiger partial charge in [0.15, 0.2) is 0 Å². The highest BCUT2D eigenvalue weighted by Gasteiger charge is 2.31. The number of amides is 2. The molecule has 0 radical (unpaired) electrons. The van der Waals surface area contributed by atoms with Crippen molar-refractivity contribution in [1.29, 1.82) is 0 Å². The zero-order chi connectivity index (χ0) is 19.6. The molecule has 0 aliphatic carbocycles. The maximum Gasteiger partial charge on any atom is 0.409 e. The minimum atomic E-state index is -0.502. The molecule has 8 heteroatoms. The first-order chi connectivity index (χ1) is 12.9. The summed E-state index contributed by atoms with van der Waals surface area (Å²) >= 11 is 1.28. The van der Waals surface area contributed by atoms with E-state index in [2.05, 4.69) is 5.32 Å². The lowest BCUT2D eigenvalue weighted by Crippen LogP contribution is -2.35. The zero-order valence-corrected chi connectivity index (χ0v) is 16.1. The van der Waals surface area contributed by atoms with Gasteiger partial charge in [-0.05, 0) is 31.0 Å². The fourth-order valence-electron chi connectivity index (χ4n) is 2.97. The number of carbonyl (C=O) groups is 3. The van der Waals surface area contributed by atoms with Gasteiger partial charge in [-0.15, -0.1) is 11.3 Å². The standard InChI is InChI=1S/C19H20N2O5S/c1-11-4-6-12(7-5-11)16(22)20-17-15(18(23)25-2)13-8-9-21(19(24)26-3)10-14(13)27-17/h4-7H,8-10H2,1-3H3,(H,20,22). The molecule has 27 heavy (non-hydrogen) atoms. The van der Waals surface area contributed by atoms with E-state index in [0.29, 0.717) is 35.6 Å². The Kier molecular flexibility index (Phi) is 5.46. The quantitative estimate of drug-likeness (QED) is 0.816. The summed E-state index contributed by atoms with van der Waals surface area (Å²) in [7, 11) is 2.64. The molecular weight excluding hydrogens is 368 g/mol. The van der Waals surface area contributed by atoms with E-state index in [1.54, 1.807) is 17.0 Å². The first kappa shape index (κ1) is 18.9. The van der Waals surface area contributed by atoms with Crippen LogP contribution in [-0.2, 0) is 22.4 Å². The first-order valence-corrected chi connectivity index (χ1v) is 9.20. The maximum atomic E-state index is 12.6. The molecule has 0 bridgehead atoms. The SMILES string of the molecule is COC(=O)c1c(NC(=O)c2ccc(C)cc2)sc2c1CCN(C(=O)OC)C2. The van der Waals surface area contributed by atoms with Gasteiger partial charge < -0.3 is 19.7 Å². The third-order valence-electron chi connectivity index (χ3n) is 4.42. The summed E-state index contributed by atoms with van der Waals surface area (Å²) in [6.07, 6.45) is 0.0742. The monoisotopic (exact) mass is 388 g/mol. The summed E-state index contributed by atoms with van der Waals surface area (Å²) in [5, 5.41) is 3.26. The van der Waals surface area contributed by atoms with E-state index in [1.807, 2.05) is 19.1 Å². The Morgan fingerprint density at radius 1 is 1.11 bits per heavy atom. The number of methoxy groups -OCH3 is 2. The Labute approximate surface area is 160 Å². The molecule has 0 unspecified atom stereocenters. The van der Waals surface area contributed by atoms with Gasteiger partial charge in [0.2, 0.25) is 0 Å². The van der Waals surface area contributed by atoms with Crippen molar-refractivity contribution < 1.29 is 23.9 Å². The molecule has 0 saturated carbocycles. The number of fused-ring (bicyclic) bond motifs is 1. The fourth-order valence-corrected chi connectivity index (χ4v) is 4.22. The van der Waals surface area contributed by atoms with E-state index in [9.17, 15) is 14.4 Å². The lowest BCUT2D eigenvalue weighted by atomic mass is 10.0. The van der Waals surface area contributed by atoms with Gasteiger partial charge in [-0.1, -0.05) is 17.7 Å². The first-order valence-electron chi connectivity index (χ1n) is 8.38. The number of hydrogen-bond donors (Lipinski definition) is 1. The van der Waals surface area contributed by atoms with Gasteiger partial charge in [0, 0.05) is 17.0 Å². The number of ether oxygens (including phenoxy) is 2. The van der Waals surface area contributed by atoms with Crippen LogP contribution in [0.25, 0.3) is 0 Å². The summed E-state index contributed by atoms with van der Waals surface area (Å²) < 4.78 is 9.68. The Hall–Kier alpha value is -2.87. The number of carbonyl (C=O) groups excluding carboxylic acids is 3. The van der Waals surface area contributed by atoms with E-state index in [1.165, 1.54) is 25.6 Å². The number of anilines is 1. The van der Waals surface area contributed by atoms with E-state index < -0.39 is 12.1 Å². The van der Waals surface area contributed by atoms with Crippen LogP contribution < -0.4 is 5.32 Å². The Morgan fingerprint density at radius 2 is 1.81 bits per heavy atom. The largest absolute Gasteiger partial charge is 0.465 e. The minimum absolute atomic E-state index is 0.302. The van der Waals surface area contributed by atoms with Crippen LogP contribution in [0.3, 0.4) is 0 Å². The molecule has 142 valence electrons. The van der Waals surface area contributed by atoms with E-state index >= 15 is 0 Å². The molecule has 0 spiro atoms. The van der Waals surface area contributed by atoms with Crippen molar-refractivity contribution in [2.24, 2.45) is 0 Å². The molecule has 0 atom stereocenters. The highest BCUT2D eigenvalue weighted by molar-refractivity contribution is 7.17. The number of esters is 1. The van der Waals surface area contributed by atoms with Crippen molar-refractivity contribution in [1.82, 2.24) is 4.90 Å². The number of benzene rings is 1. The molecule has 0 fully saturated rings. The lowest BCUT2D eigenvalue weighted by molar-refractivity contribution is 0.0600. The van der Waals surface area contributed by atoms with Crippen LogP contribution >= 0.6 is 11.3 Å². The van der Waals surface area contributed by atoms with Crippen molar-refractivity contribution in [3.8, 4) is 0 Å². The fraction of sp³-hybridized carbons (Fsp3) is 0.316. The molecular formula is C19H20N2O5S. The molecule has 1 aromatic carbocycles. The average Bonchev–Trinajstić information content (AvgIpc) is 3.04. The highest BCUT2D eigenvalue weighted by Crippen LogP contribution is 2.38.